The van der Waals surface area contributed by atoms with Crippen LogP contribution >= 0.6 is 11.8 Å². The van der Waals surface area contributed by atoms with Crippen molar-refractivity contribution in [2.75, 3.05) is 20.3 Å². The molecule has 2 aromatic rings. The number of amides is 1. The summed E-state index contributed by atoms with van der Waals surface area (Å²) in [6, 6.07) is 13.8. The molecular weight excluding hydrogens is 396 g/mol. The van der Waals surface area contributed by atoms with Gasteiger partial charge in [0, 0.05) is 12.1 Å². The Balaban J connectivity index is 1.99. The van der Waals surface area contributed by atoms with E-state index < -0.39 is 0 Å². The molecule has 0 radical (unpaired) electrons. The van der Waals surface area contributed by atoms with Crippen molar-refractivity contribution in [3.63, 3.8) is 0 Å². The highest BCUT2D eigenvalue weighted by Gasteiger charge is 2.32. The van der Waals surface area contributed by atoms with Gasteiger partial charge in [-0.15, -0.1) is 0 Å². The monoisotopic (exact) mass is 424 g/mol. The van der Waals surface area contributed by atoms with E-state index in [0.29, 0.717) is 34.7 Å². The van der Waals surface area contributed by atoms with Gasteiger partial charge in [0.15, 0.2) is 16.7 Å². The van der Waals surface area contributed by atoms with E-state index in [-0.39, 0.29) is 5.91 Å². The first-order chi connectivity index (χ1) is 14.6. The highest BCUT2D eigenvalue weighted by Crippen LogP contribution is 2.38. The first-order valence-electron chi connectivity index (χ1n) is 10.3. The number of carbonyl (C=O) groups excluding carboxylic acids is 1. The van der Waals surface area contributed by atoms with Crippen LogP contribution in [0.5, 0.6) is 11.5 Å². The molecule has 158 valence electrons. The number of para-hydroxylation sites is 2. The SMILES string of the molecule is CCCOc1c(C=C2SC(=Nc3ccccc3CC)N(CC)C2=O)cccc1OC. The van der Waals surface area contributed by atoms with Gasteiger partial charge in [0.1, 0.15) is 0 Å². The lowest BCUT2D eigenvalue weighted by Gasteiger charge is -2.13. The van der Waals surface area contributed by atoms with Gasteiger partial charge in [-0.05, 0) is 55.3 Å². The summed E-state index contributed by atoms with van der Waals surface area (Å²) in [5.41, 5.74) is 2.89. The molecule has 0 N–H and O–H groups in total. The summed E-state index contributed by atoms with van der Waals surface area (Å²) >= 11 is 1.40. The molecule has 1 aliphatic rings. The van der Waals surface area contributed by atoms with Crippen LogP contribution in [0.15, 0.2) is 52.4 Å². The first kappa shape index (κ1) is 22.0. The van der Waals surface area contributed by atoms with Crippen molar-refractivity contribution in [3.8, 4) is 11.5 Å². The molecule has 0 atom stereocenters. The summed E-state index contributed by atoms with van der Waals surface area (Å²) in [4.78, 5) is 20.2. The molecule has 5 nitrogen and oxygen atoms in total. The Kier molecular flexibility index (Phi) is 7.57. The summed E-state index contributed by atoms with van der Waals surface area (Å²) in [6.45, 7) is 7.27. The maximum absolute atomic E-state index is 13.1. The summed E-state index contributed by atoms with van der Waals surface area (Å²) in [7, 11) is 1.62. The van der Waals surface area contributed by atoms with Gasteiger partial charge in [-0.2, -0.15) is 0 Å². The Labute approximate surface area is 182 Å². The van der Waals surface area contributed by atoms with Crippen LogP contribution in [0, 0.1) is 0 Å². The zero-order valence-corrected chi connectivity index (χ0v) is 18.8. The van der Waals surface area contributed by atoms with Gasteiger partial charge in [0.2, 0.25) is 0 Å². The molecule has 2 aromatic carbocycles. The summed E-state index contributed by atoms with van der Waals surface area (Å²) in [5, 5.41) is 0.702. The smallest absolute Gasteiger partial charge is 0.266 e. The quantitative estimate of drug-likeness (QED) is 0.512. The largest absolute Gasteiger partial charge is 0.493 e. The van der Waals surface area contributed by atoms with Crippen LogP contribution in [0.2, 0.25) is 0 Å². The average molecular weight is 425 g/mol. The molecule has 0 bridgehead atoms. The number of hydrogen-bond acceptors (Lipinski definition) is 5. The lowest BCUT2D eigenvalue weighted by molar-refractivity contribution is -0.122. The molecule has 0 saturated carbocycles. The van der Waals surface area contributed by atoms with Crippen molar-refractivity contribution < 1.29 is 14.3 Å². The second-order valence-corrected chi connectivity index (χ2v) is 7.77. The lowest BCUT2D eigenvalue weighted by Crippen LogP contribution is -2.28. The van der Waals surface area contributed by atoms with Crippen molar-refractivity contribution in [2.45, 2.75) is 33.6 Å². The first-order valence-corrected chi connectivity index (χ1v) is 11.1. The Morgan fingerprint density at radius 3 is 2.60 bits per heavy atom. The van der Waals surface area contributed by atoms with Crippen molar-refractivity contribution in [1.82, 2.24) is 4.90 Å². The predicted octanol–water partition coefficient (Wildman–Crippen LogP) is 5.67. The highest BCUT2D eigenvalue weighted by molar-refractivity contribution is 8.18. The lowest BCUT2D eigenvalue weighted by atomic mass is 10.1. The van der Waals surface area contributed by atoms with Gasteiger partial charge in [-0.25, -0.2) is 4.99 Å². The number of rotatable bonds is 8. The molecule has 1 amide bonds. The number of likely N-dealkylation sites (N-methyl/N-ethyl adjacent to an activating group) is 1. The zero-order chi connectivity index (χ0) is 21.5. The van der Waals surface area contributed by atoms with Crippen LogP contribution in [-0.2, 0) is 11.2 Å². The highest BCUT2D eigenvalue weighted by atomic mass is 32.2. The van der Waals surface area contributed by atoms with E-state index in [0.717, 1.165) is 29.7 Å². The number of nitrogens with zero attached hydrogens (tertiary/aromatic N) is 2. The molecule has 0 aliphatic carbocycles. The minimum absolute atomic E-state index is 0.0421. The van der Waals surface area contributed by atoms with Crippen LogP contribution in [0.3, 0.4) is 0 Å². The minimum atomic E-state index is -0.0421. The van der Waals surface area contributed by atoms with Gasteiger partial charge in [0.05, 0.1) is 24.3 Å². The number of hydrogen-bond donors (Lipinski definition) is 0. The molecule has 3 rings (SSSR count). The second-order valence-electron chi connectivity index (χ2n) is 6.76. The number of amidine groups is 1. The van der Waals surface area contributed by atoms with Crippen molar-refractivity contribution in [1.29, 1.82) is 0 Å². The topological polar surface area (TPSA) is 51.1 Å². The number of ether oxygens (including phenoxy) is 2. The maximum Gasteiger partial charge on any atom is 0.266 e. The van der Waals surface area contributed by atoms with Crippen molar-refractivity contribution in [2.24, 2.45) is 4.99 Å². The molecular formula is C24H28N2O3S. The van der Waals surface area contributed by atoms with Crippen LogP contribution in [0.4, 0.5) is 5.69 Å². The predicted molar refractivity (Wildman–Crippen MR) is 125 cm³/mol. The van der Waals surface area contributed by atoms with Crippen LogP contribution < -0.4 is 9.47 Å². The number of carbonyl (C=O) groups is 1. The molecule has 1 heterocycles. The number of benzene rings is 2. The van der Waals surface area contributed by atoms with Gasteiger partial charge < -0.3 is 9.47 Å². The fraction of sp³-hybridized carbons (Fsp3) is 0.333. The van der Waals surface area contributed by atoms with Crippen LogP contribution in [0.25, 0.3) is 6.08 Å². The van der Waals surface area contributed by atoms with Gasteiger partial charge in [0.25, 0.3) is 5.91 Å². The molecule has 0 aromatic heterocycles. The Hall–Kier alpha value is -2.73. The zero-order valence-electron chi connectivity index (χ0n) is 18.0. The minimum Gasteiger partial charge on any atom is -0.493 e. The molecule has 0 spiro atoms. The maximum atomic E-state index is 13.1. The van der Waals surface area contributed by atoms with E-state index in [1.807, 2.05) is 49.4 Å². The fourth-order valence-electron chi connectivity index (χ4n) is 3.20. The van der Waals surface area contributed by atoms with E-state index >= 15 is 0 Å². The average Bonchev–Trinajstić information content (AvgIpc) is 3.06. The summed E-state index contributed by atoms with van der Waals surface area (Å²) < 4.78 is 11.4. The van der Waals surface area contributed by atoms with Crippen LogP contribution in [-0.4, -0.2) is 36.2 Å². The van der Waals surface area contributed by atoms with Crippen molar-refractivity contribution >= 4 is 34.6 Å². The van der Waals surface area contributed by atoms with Gasteiger partial charge in [-0.1, -0.05) is 44.2 Å². The van der Waals surface area contributed by atoms with Crippen LogP contribution in [0.1, 0.15) is 38.3 Å². The normalized spacial score (nSPS) is 16.5. The number of aryl methyl sites for hydroxylation is 1. The third-order valence-electron chi connectivity index (χ3n) is 4.76. The van der Waals surface area contributed by atoms with Gasteiger partial charge >= 0.3 is 0 Å². The number of aliphatic imine (C=N–C) groups is 1. The Morgan fingerprint density at radius 2 is 1.90 bits per heavy atom. The number of methoxy groups -OCH3 is 1. The third kappa shape index (κ3) is 4.70. The van der Waals surface area contributed by atoms with E-state index in [2.05, 4.69) is 19.9 Å². The number of thioether (sulfide) groups is 1. The summed E-state index contributed by atoms with van der Waals surface area (Å²) in [6.07, 6.45) is 3.65. The van der Waals surface area contributed by atoms with E-state index in [4.69, 9.17) is 14.5 Å². The third-order valence-corrected chi connectivity index (χ3v) is 5.77. The molecule has 1 saturated heterocycles. The van der Waals surface area contributed by atoms with Crippen molar-refractivity contribution in [3.05, 3.63) is 58.5 Å². The van der Waals surface area contributed by atoms with E-state index in [1.54, 1.807) is 12.0 Å². The second kappa shape index (κ2) is 10.3. The molecule has 1 fully saturated rings. The summed E-state index contributed by atoms with van der Waals surface area (Å²) in [5.74, 6) is 1.28. The van der Waals surface area contributed by atoms with Gasteiger partial charge in [-0.3, -0.25) is 9.69 Å². The fourth-order valence-corrected chi connectivity index (χ4v) is 4.25. The standard InChI is InChI=1S/C24H28N2O3S/c1-5-15-29-22-18(12-10-14-20(22)28-4)16-21-23(27)26(7-3)24(30-21)25-19-13-9-8-11-17(19)6-2/h8-14,16H,5-7,15H2,1-4H3. The van der Waals surface area contributed by atoms with E-state index in [9.17, 15) is 4.79 Å². The van der Waals surface area contributed by atoms with E-state index in [1.165, 1.54) is 11.8 Å². The molecule has 1 aliphatic heterocycles. The molecule has 0 unspecified atom stereocenters. The molecule has 6 heteroatoms. The Bertz CT molecular complexity index is 969. The Morgan fingerprint density at radius 1 is 1.10 bits per heavy atom. The molecule has 30 heavy (non-hydrogen) atoms.